The summed E-state index contributed by atoms with van der Waals surface area (Å²) in [6.07, 6.45) is 1.48. The monoisotopic (exact) mass is 315 g/mol. The van der Waals surface area contributed by atoms with E-state index in [0.717, 1.165) is 26.8 Å². The van der Waals surface area contributed by atoms with E-state index >= 15 is 0 Å². The van der Waals surface area contributed by atoms with Crippen molar-refractivity contribution < 1.29 is 4.79 Å². The molecule has 0 unspecified atom stereocenters. The normalized spacial score (nSPS) is 10.8. The maximum atomic E-state index is 11.0. The predicted octanol–water partition coefficient (Wildman–Crippen LogP) is 3.09. The molecule has 0 spiro atoms. The van der Waals surface area contributed by atoms with Crippen molar-refractivity contribution in [2.24, 2.45) is 5.73 Å². The van der Waals surface area contributed by atoms with Gasteiger partial charge in [-0.15, -0.1) is 0 Å². The largest absolute Gasteiger partial charge is 0.366 e. The molecule has 0 atom stereocenters. The summed E-state index contributed by atoms with van der Waals surface area (Å²) in [7, 11) is 0. The van der Waals surface area contributed by atoms with Gasteiger partial charge in [-0.25, -0.2) is 0 Å². The van der Waals surface area contributed by atoms with Gasteiger partial charge in [0.25, 0.3) is 0 Å². The van der Waals surface area contributed by atoms with Crippen molar-refractivity contribution in [2.75, 3.05) is 0 Å². The van der Waals surface area contributed by atoms with Gasteiger partial charge < -0.3 is 10.7 Å². The number of hydrogen-bond acceptors (Lipinski definition) is 2. The number of aromatic amines is 1. The summed E-state index contributed by atoms with van der Waals surface area (Å²) in [5, 5.41) is 1.10. The Hall–Kier alpha value is -2.14. The molecule has 0 aliphatic rings. The highest BCUT2D eigenvalue weighted by Gasteiger charge is 2.07. The van der Waals surface area contributed by atoms with Crippen LogP contribution >= 0.6 is 15.9 Å². The van der Waals surface area contributed by atoms with Crippen molar-refractivity contribution in [3.8, 4) is 11.4 Å². The Kier molecular flexibility index (Phi) is 2.83. The number of fused-ring (bicyclic) bond motifs is 1. The minimum atomic E-state index is -0.474. The molecule has 19 heavy (non-hydrogen) atoms. The van der Waals surface area contributed by atoms with E-state index in [2.05, 4.69) is 25.9 Å². The summed E-state index contributed by atoms with van der Waals surface area (Å²) in [6.45, 7) is 0. The van der Waals surface area contributed by atoms with Crippen LogP contribution in [0.1, 0.15) is 10.4 Å². The average Bonchev–Trinajstić information content (AvgIpc) is 2.84. The second kappa shape index (κ2) is 4.51. The second-order valence-corrected chi connectivity index (χ2v) is 5.03. The van der Waals surface area contributed by atoms with Crippen molar-refractivity contribution in [1.29, 1.82) is 0 Å². The van der Waals surface area contributed by atoms with E-state index in [-0.39, 0.29) is 0 Å². The number of hydrogen-bond donors (Lipinski definition) is 2. The third-order valence-electron chi connectivity index (χ3n) is 2.93. The molecule has 0 fully saturated rings. The fraction of sp³-hybridized carbons (Fsp3) is 0. The van der Waals surface area contributed by atoms with Crippen LogP contribution in [0.4, 0.5) is 0 Å². The maximum absolute atomic E-state index is 11.0. The summed E-state index contributed by atoms with van der Waals surface area (Å²) >= 11 is 3.51. The highest BCUT2D eigenvalue weighted by molar-refractivity contribution is 9.10. The third kappa shape index (κ3) is 2.13. The number of primary amides is 1. The molecule has 1 amide bonds. The first-order valence-corrected chi connectivity index (χ1v) is 6.48. The minimum absolute atomic E-state index is 0.404. The number of aromatic nitrogens is 2. The van der Waals surface area contributed by atoms with E-state index in [1.165, 1.54) is 6.20 Å². The SMILES string of the molecule is NC(=O)c1ccc(-c2cc3c(Br)cccc3[nH]2)nc1. The minimum Gasteiger partial charge on any atom is -0.366 e. The van der Waals surface area contributed by atoms with Gasteiger partial charge in [-0.1, -0.05) is 22.0 Å². The number of carbonyl (C=O) groups excluding carboxylic acids is 1. The van der Waals surface area contributed by atoms with Crippen LogP contribution in [-0.4, -0.2) is 15.9 Å². The molecule has 94 valence electrons. The first-order valence-electron chi connectivity index (χ1n) is 5.68. The molecule has 3 N–H and O–H groups in total. The molecule has 5 heteroatoms. The highest BCUT2D eigenvalue weighted by atomic mass is 79.9. The number of benzene rings is 1. The molecule has 0 aliphatic heterocycles. The summed E-state index contributed by atoms with van der Waals surface area (Å²) in [5.41, 5.74) is 8.30. The number of H-pyrrole nitrogens is 1. The van der Waals surface area contributed by atoms with Crippen LogP contribution in [0.3, 0.4) is 0 Å². The van der Waals surface area contributed by atoms with Crippen LogP contribution in [0.25, 0.3) is 22.3 Å². The van der Waals surface area contributed by atoms with Crippen molar-refractivity contribution in [1.82, 2.24) is 9.97 Å². The van der Waals surface area contributed by atoms with E-state index in [0.29, 0.717) is 5.56 Å². The zero-order valence-electron chi connectivity index (χ0n) is 9.85. The molecule has 3 rings (SSSR count). The Bertz CT molecular complexity index is 762. The summed E-state index contributed by atoms with van der Waals surface area (Å²) < 4.78 is 1.03. The van der Waals surface area contributed by atoms with E-state index in [4.69, 9.17) is 5.73 Å². The lowest BCUT2D eigenvalue weighted by atomic mass is 10.2. The molecule has 0 saturated heterocycles. The Morgan fingerprint density at radius 3 is 2.74 bits per heavy atom. The standard InChI is InChI=1S/C14H10BrN3O/c15-10-2-1-3-11-9(10)6-13(18-11)12-5-4-8(7-17-12)14(16)19/h1-7,18H,(H2,16,19). The van der Waals surface area contributed by atoms with Gasteiger partial charge in [0.05, 0.1) is 17.0 Å². The van der Waals surface area contributed by atoms with Crippen molar-refractivity contribution >= 4 is 32.7 Å². The number of nitrogens with zero attached hydrogens (tertiary/aromatic N) is 1. The van der Waals surface area contributed by atoms with Gasteiger partial charge >= 0.3 is 0 Å². The van der Waals surface area contributed by atoms with Gasteiger partial charge in [0.15, 0.2) is 0 Å². The number of amides is 1. The molecule has 2 aromatic heterocycles. The Morgan fingerprint density at radius 1 is 1.26 bits per heavy atom. The Labute approximate surface area is 117 Å². The van der Waals surface area contributed by atoms with E-state index in [1.54, 1.807) is 12.1 Å². The Morgan fingerprint density at radius 2 is 2.11 bits per heavy atom. The molecule has 2 heterocycles. The smallest absolute Gasteiger partial charge is 0.250 e. The molecular formula is C14H10BrN3O. The second-order valence-electron chi connectivity index (χ2n) is 4.18. The number of nitrogens with two attached hydrogens (primary N) is 1. The van der Waals surface area contributed by atoms with Crippen LogP contribution in [0.2, 0.25) is 0 Å². The van der Waals surface area contributed by atoms with Gasteiger partial charge in [-0.05, 0) is 30.3 Å². The molecule has 0 aliphatic carbocycles. The number of halogens is 1. The number of nitrogens with one attached hydrogen (secondary N) is 1. The van der Waals surface area contributed by atoms with Gasteiger partial charge in [0.2, 0.25) is 5.91 Å². The van der Waals surface area contributed by atoms with Crippen molar-refractivity contribution in [3.63, 3.8) is 0 Å². The van der Waals surface area contributed by atoms with Crippen molar-refractivity contribution in [3.05, 3.63) is 52.6 Å². The van der Waals surface area contributed by atoms with Crippen molar-refractivity contribution in [2.45, 2.75) is 0 Å². The third-order valence-corrected chi connectivity index (χ3v) is 3.63. The van der Waals surface area contributed by atoms with Gasteiger partial charge in [0, 0.05) is 21.6 Å². The van der Waals surface area contributed by atoms with Gasteiger partial charge in [-0.2, -0.15) is 0 Å². The molecule has 0 bridgehead atoms. The maximum Gasteiger partial charge on any atom is 0.250 e. The lowest BCUT2D eigenvalue weighted by Crippen LogP contribution is -2.10. The molecule has 3 aromatic rings. The average molecular weight is 316 g/mol. The zero-order chi connectivity index (χ0) is 13.4. The zero-order valence-corrected chi connectivity index (χ0v) is 11.4. The van der Waals surface area contributed by atoms with Crippen LogP contribution in [0.15, 0.2) is 47.1 Å². The van der Waals surface area contributed by atoms with Crippen LogP contribution in [0.5, 0.6) is 0 Å². The fourth-order valence-corrected chi connectivity index (χ4v) is 2.44. The van der Waals surface area contributed by atoms with Crippen LogP contribution < -0.4 is 5.73 Å². The summed E-state index contributed by atoms with van der Waals surface area (Å²) in [5.74, 6) is -0.474. The summed E-state index contributed by atoms with van der Waals surface area (Å²) in [4.78, 5) is 18.5. The molecule has 1 aromatic carbocycles. The quantitative estimate of drug-likeness (QED) is 0.762. The van der Waals surface area contributed by atoms with E-state index < -0.39 is 5.91 Å². The predicted molar refractivity (Wildman–Crippen MR) is 77.7 cm³/mol. The van der Waals surface area contributed by atoms with Crippen LogP contribution in [0, 0.1) is 0 Å². The lowest BCUT2D eigenvalue weighted by molar-refractivity contribution is 0.1000. The van der Waals surface area contributed by atoms with Gasteiger partial charge in [-0.3, -0.25) is 9.78 Å². The highest BCUT2D eigenvalue weighted by Crippen LogP contribution is 2.28. The number of carbonyl (C=O) groups is 1. The summed E-state index contributed by atoms with van der Waals surface area (Å²) in [6, 6.07) is 11.4. The van der Waals surface area contributed by atoms with Crippen LogP contribution in [-0.2, 0) is 0 Å². The molecule has 4 nitrogen and oxygen atoms in total. The first kappa shape index (κ1) is 11.9. The first-order chi connectivity index (χ1) is 9.15. The molecule has 0 radical (unpaired) electrons. The number of pyridine rings is 1. The topological polar surface area (TPSA) is 71.8 Å². The fourth-order valence-electron chi connectivity index (χ4n) is 1.96. The number of rotatable bonds is 2. The van der Waals surface area contributed by atoms with Gasteiger partial charge in [0.1, 0.15) is 0 Å². The molecule has 0 saturated carbocycles. The Balaban J connectivity index is 2.09. The van der Waals surface area contributed by atoms with E-state index in [1.807, 2.05) is 24.3 Å². The molecular weight excluding hydrogens is 306 g/mol. The van der Waals surface area contributed by atoms with E-state index in [9.17, 15) is 4.79 Å². The lowest BCUT2D eigenvalue weighted by Gasteiger charge is -1.98.